The molecule has 0 unspecified atom stereocenters. The molecule has 0 aliphatic heterocycles. The van der Waals surface area contributed by atoms with Gasteiger partial charge in [-0.2, -0.15) is 5.10 Å². The number of hydrogen-bond acceptors (Lipinski definition) is 5. The predicted molar refractivity (Wildman–Crippen MR) is 150 cm³/mol. The third-order valence-corrected chi connectivity index (χ3v) is 5.76. The summed E-state index contributed by atoms with van der Waals surface area (Å²) in [4.78, 5) is 29.3. The highest BCUT2D eigenvalue weighted by Gasteiger charge is 2.18. The number of rotatable bonds is 7. The molecule has 0 saturated carbocycles. The molecule has 4 rings (SSSR count). The molecule has 0 aliphatic rings. The highest BCUT2D eigenvalue weighted by Crippen LogP contribution is 2.33. The van der Waals surface area contributed by atoms with Gasteiger partial charge in [0.2, 0.25) is 11.8 Å². The summed E-state index contributed by atoms with van der Waals surface area (Å²) in [5, 5.41) is 7.89. The standard InChI is InChI=1S/C27H25B3FN5O3/c1-15-9-17(11-24(37)34-18-13-33-36(14-18)26(2,3)4)20(31)12-23(15)39-22-7-8-32-21-6-5-16(10-19(21)22)25(38)35-27(28,29)30/h5-10,12-14H,11H2,1-4H3,(H,34,37)(H,35,38). The first-order chi connectivity index (χ1) is 18.2. The molecule has 2 aromatic heterocycles. The molecule has 0 fully saturated rings. The summed E-state index contributed by atoms with van der Waals surface area (Å²) < 4.78 is 22.8. The molecule has 2 N–H and O–H groups in total. The van der Waals surface area contributed by atoms with Crippen molar-refractivity contribution in [2.45, 2.75) is 44.9 Å². The molecule has 0 saturated heterocycles. The van der Waals surface area contributed by atoms with E-state index in [0.29, 0.717) is 27.9 Å². The van der Waals surface area contributed by atoms with Crippen LogP contribution >= 0.6 is 0 Å². The van der Waals surface area contributed by atoms with Crippen LogP contribution in [0, 0.1) is 12.7 Å². The minimum absolute atomic E-state index is 0.171. The number of aryl methyl sites for hydroxylation is 1. The van der Waals surface area contributed by atoms with Crippen LogP contribution in [-0.2, 0) is 16.8 Å². The Morgan fingerprint density at radius 1 is 1.08 bits per heavy atom. The molecule has 6 radical (unpaired) electrons. The quantitative estimate of drug-likeness (QED) is 0.365. The lowest BCUT2D eigenvalue weighted by Gasteiger charge is -2.22. The fourth-order valence-electron chi connectivity index (χ4n) is 3.84. The zero-order valence-electron chi connectivity index (χ0n) is 22.1. The summed E-state index contributed by atoms with van der Waals surface area (Å²) in [7, 11) is 16.4. The van der Waals surface area contributed by atoms with Crippen molar-refractivity contribution in [3.8, 4) is 11.5 Å². The zero-order chi connectivity index (χ0) is 28.5. The Kier molecular flexibility index (Phi) is 7.59. The van der Waals surface area contributed by atoms with E-state index in [9.17, 15) is 9.59 Å². The van der Waals surface area contributed by atoms with Crippen molar-refractivity contribution in [2.24, 2.45) is 0 Å². The fourth-order valence-corrected chi connectivity index (χ4v) is 3.84. The number of carbonyl (C=O) groups is 2. The summed E-state index contributed by atoms with van der Waals surface area (Å²) in [5.41, 5.74) is 1.89. The minimum atomic E-state index is -1.89. The largest absolute Gasteiger partial charge is 0.456 e. The van der Waals surface area contributed by atoms with Crippen LogP contribution < -0.4 is 15.4 Å². The van der Waals surface area contributed by atoms with Crippen molar-refractivity contribution in [3.63, 3.8) is 0 Å². The Morgan fingerprint density at radius 2 is 1.82 bits per heavy atom. The maximum Gasteiger partial charge on any atom is 0.249 e. The summed E-state index contributed by atoms with van der Waals surface area (Å²) in [5.74, 6) is -0.972. The van der Waals surface area contributed by atoms with E-state index in [1.54, 1.807) is 54.3 Å². The number of nitrogens with zero attached hydrogens (tertiary/aromatic N) is 3. The molecule has 0 atom stereocenters. The van der Waals surface area contributed by atoms with Gasteiger partial charge < -0.3 is 15.4 Å². The number of nitrogens with one attached hydrogen (secondary N) is 2. The van der Waals surface area contributed by atoms with Crippen LogP contribution in [0.1, 0.15) is 42.3 Å². The summed E-state index contributed by atoms with van der Waals surface area (Å²) in [6.07, 6.45) is 4.64. The van der Waals surface area contributed by atoms with Crippen molar-refractivity contribution in [1.82, 2.24) is 20.1 Å². The number of anilines is 1. The van der Waals surface area contributed by atoms with Gasteiger partial charge in [-0.05, 0) is 69.2 Å². The lowest BCUT2D eigenvalue weighted by molar-refractivity contribution is -0.115. The van der Waals surface area contributed by atoms with Gasteiger partial charge in [0, 0.05) is 29.4 Å². The van der Waals surface area contributed by atoms with Crippen LogP contribution in [0.15, 0.2) is 55.0 Å². The van der Waals surface area contributed by atoms with Crippen molar-refractivity contribution >= 4 is 51.9 Å². The highest BCUT2D eigenvalue weighted by atomic mass is 19.1. The predicted octanol–water partition coefficient (Wildman–Crippen LogP) is 3.45. The number of halogens is 1. The first kappa shape index (κ1) is 27.9. The number of ether oxygens (including phenoxy) is 1. The number of benzene rings is 2. The summed E-state index contributed by atoms with van der Waals surface area (Å²) in [6.45, 7) is 7.72. The third kappa shape index (κ3) is 6.87. The molecule has 0 aliphatic carbocycles. The Hall–Kier alpha value is -4.08. The molecule has 2 aromatic carbocycles. The van der Waals surface area contributed by atoms with Gasteiger partial charge in [-0.15, -0.1) is 0 Å². The second-order valence-electron chi connectivity index (χ2n) is 10.3. The minimum Gasteiger partial charge on any atom is -0.456 e. The van der Waals surface area contributed by atoms with E-state index in [0.717, 1.165) is 0 Å². The van der Waals surface area contributed by atoms with E-state index in [1.165, 1.54) is 12.3 Å². The van der Waals surface area contributed by atoms with Gasteiger partial charge in [-0.3, -0.25) is 19.3 Å². The van der Waals surface area contributed by atoms with E-state index in [1.807, 2.05) is 20.8 Å². The monoisotopic (exact) mass is 519 g/mol. The van der Waals surface area contributed by atoms with E-state index in [4.69, 9.17) is 28.3 Å². The first-order valence-corrected chi connectivity index (χ1v) is 12.1. The van der Waals surface area contributed by atoms with Crippen molar-refractivity contribution in [2.75, 3.05) is 5.32 Å². The van der Waals surface area contributed by atoms with Crippen LogP contribution in [0.5, 0.6) is 11.5 Å². The number of hydrogen-bond donors (Lipinski definition) is 2. The lowest BCUT2D eigenvalue weighted by atomic mass is 9.49. The van der Waals surface area contributed by atoms with Gasteiger partial charge in [0.15, 0.2) is 0 Å². The van der Waals surface area contributed by atoms with Crippen LogP contribution in [0.4, 0.5) is 10.1 Å². The molecule has 4 aromatic rings. The van der Waals surface area contributed by atoms with Crippen molar-refractivity contribution < 1.29 is 18.7 Å². The maximum atomic E-state index is 15.1. The van der Waals surface area contributed by atoms with Crippen LogP contribution in [0.2, 0.25) is 0 Å². The third-order valence-electron chi connectivity index (χ3n) is 5.76. The molecule has 2 amide bonds. The summed E-state index contributed by atoms with van der Waals surface area (Å²) >= 11 is 0. The van der Waals surface area contributed by atoms with E-state index >= 15 is 4.39 Å². The Balaban J connectivity index is 1.53. The van der Waals surface area contributed by atoms with Gasteiger partial charge in [0.1, 0.15) is 17.3 Å². The molecular formula is C27H25B3FN5O3. The van der Waals surface area contributed by atoms with Crippen molar-refractivity contribution in [3.05, 3.63) is 77.5 Å². The molecule has 0 bridgehead atoms. The molecular weight excluding hydrogens is 494 g/mol. The van der Waals surface area contributed by atoms with Gasteiger partial charge in [-0.25, -0.2) is 4.39 Å². The van der Waals surface area contributed by atoms with Crippen LogP contribution in [0.25, 0.3) is 10.9 Å². The second-order valence-corrected chi connectivity index (χ2v) is 10.3. The van der Waals surface area contributed by atoms with Gasteiger partial charge >= 0.3 is 0 Å². The molecule has 0 spiro atoms. The zero-order valence-corrected chi connectivity index (χ0v) is 22.1. The number of fused-ring (bicyclic) bond motifs is 1. The second kappa shape index (κ2) is 10.6. The smallest absolute Gasteiger partial charge is 0.249 e. The average Bonchev–Trinajstić information content (AvgIpc) is 3.30. The fraction of sp³-hybridized carbons (Fsp3) is 0.259. The number of amides is 2. The lowest BCUT2D eigenvalue weighted by Crippen LogP contribution is -2.50. The van der Waals surface area contributed by atoms with Gasteiger partial charge in [0.05, 0.1) is 52.9 Å². The van der Waals surface area contributed by atoms with E-state index in [2.05, 4.69) is 20.7 Å². The Morgan fingerprint density at radius 3 is 2.49 bits per heavy atom. The number of pyridine rings is 1. The molecule has 2 heterocycles. The van der Waals surface area contributed by atoms with Gasteiger partial charge in [-0.1, -0.05) is 5.24 Å². The van der Waals surface area contributed by atoms with Crippen molar-refractivity contribution in [1.29, 1.82) is 0 Å². The number of aromatic nitrogens is 3. The molecule has 8 nitrogen and oxygen atoms in total. The Bertz CT molecular complexity index is 1560. The van der Waals surface area contributed by atoms with Gasteiger partial charge in [0.25, 0.3) is 0 Å². The molecule has 12 heteroatoms. The first-order valence-electron chi connectivity index (χ1n) is 12.1. The van der Waals surface area contributed by atoms with E-state index in [-0.39, 0.29) is 34.7 Å². The SMILES string of the molecule is [B]C([B])([B])NC(=O)c1ccc2nccc(Oc3cc(F)c(CC(=O)Nc4cnn(C(C)(C)C)c4)cc3C)c2c1. The molecule has 192 valence electrons. The molecule has 39 heavy (non-hydrogen) atoms. The topological polar surface area (TPSA) is 98.1 Å². The maximum absolute atomic E-state index is 15.1. The van der Waals surface area contributed by atoms with Crippen LogP contribution in [-0.4, -0.2) is 55.4 Å². The highest BCUT2D eigenvalue weighted by molar-refractivity contribution is 6.60. The number of carbonyl (C=O) groups excluding carboxylic acids is 2. The Labute approximate surface area is 229 Å². The normalized spacial score (nSPS) is 11.8. The average molecular weight is 519 g/mol. The van der Waals surface area contributed by atoms with Crippen LogP contribution in [0.3, 0.4) is 0 Å². The summed E-state index contributed by atoms with van der Waals surface area (Å²) in [6, 6.07) is 9.10. The van der Waals surface area contributed by atoms with E-state index < -0.39 is 17.0 Å².